The van der Waals surface area contributed by atoms with Crippen molar-refractivity contribution in [3.8, 4) is 5.75 Å². The second kappa shape index (κ2) is 9.28. The predicted octanol–water partition coefficient (Wildman–Crippen LogP) is 6.59. The van der Waals surface area contributed by atoms with Gasteiger partial charge in [0, 0.05) is 21.2 Å². The normalized spacial score (nSPS) is 12.1. The summed E-state index contributed by atoms with van der Waals surface area (Å²) in [6.45, 7) is 2.11. The molecule has 0 fully saturated rings. The number of hydrogen-bond donors (Lipinski definition) is 1. The summed E-state index contributed by atoms with van der Waals surface area (Å²) >= 11 is 6.19. The van der Waals surface area contributed by atoms with E-state index < -0.39 is 7.14 Å². The van der Waals surface area contributed by atoms with Gasteiger partial charge in [0.2, 0.25) is 0 Å². The summed E-state index contributed by atoms with van der Waals surface area (Å²) in [6, 6.07) is 24.1. The Kier molecular flexibility index (Phi) is 6.78. The Hall–Kier alpha value is -2.28. The maximum absolute atomic E-state index is 14.4. The zero-order valence-corrected chi connectivity index (χ0v) is 17.5. The van der Waals surface area contributed by atoms with Crippen molar-refractivity contribution in [2.45, 2.75) is 26.2 Å². The first-order valence-electron chi connectivity index (χ1n) is 9.46. The number of benzene rings is 3. The van der Waals surface area contributed by atoms with E-state index in [0.29, 0.717) is 17.0 Å². The number of halogens is 1. The van der Waals surface area contributed by atoms with E-state index in [0.717, 1.165) is 29.0 Å². The van der Waals surface area contributed by atoms with Crippen LogP contribution in [0.1, 0.15) is 31.7 Å². The van der Waals surface area contributed by atoms with E-state index in [1.54, 1.807) is 18.2 Å². The van der Waals surface area contributed by atoms with E-state index in [1.165, 1.54) is 0 Å². The van der Waals surface area contributed by atoms with E-state index in [1.807, 2.05) is 66.5 Å². The monoisotopic (exact) mass is 410 g/mol. The zero-order chi connectivity index (χ0) is 20.0. The van der Waals surface area contributed by atoms with Gasteiger partial charge in [-0.1, -0.05) is 85.6 Å². The maximum Gasteiger partial charge on any atom is 0.164 e. The van der Waals surface area contributed by atoms with Crippen LogP contribution in [0.15, 0.2) is 84.7 Å². The molecule has 3 aromatic rings. The van der Waals surface area contributed by atoms with Gasteiger partial charge in [0.1, 0.15) is 5.75 Å². The first kappa shape index (κ1) is 20.5. The van der Waals surface area contributed by atoms with Crippen LogP contribution in [0.5, 0.6) is 5.75 Å². The number of unbranched alkanes of at least 4 members (excludes halogenated alkanes) is 1. The lowest BCUT2D eigenvalue weighted by Gasteiger charge is -2.19. The zero-order valence-electron chi connectivity index (χ0n) is 15.9. The average molecular weight is 411 g/mol. The largest absolute Gasteiger partial charge is 0.507 e. The first-order chi connectivity index (χ1) is 13.5. The van der Waals surface area contributed by atoms with Gasteiger partial charge in [-0.15, -0.1) is 0 Å². The summed E-state index contributed by atoms with van der Waals surface area (Å²) in [6.07, 6.45) is 2.65. The molecule has 4 heteroatoms. The molecule has 144 valence electrons. The molecule has 3 rings (SSSR count). The summed E-state index contributed by atoms with van der Waals surface area (Å²) in [4.78, 5) is 0. The third-order valence-electron chi connectivity index (χ3n) is 4.72. The molecule has 0 aliphatic heterocycles. The third-order valence-corrected chi connectivity index (χ3v) is 7.76. The van der Waals surface area contributed by atoms with Gasteiger partial charge in [0.05, 0.1) is 0 Å². The van der Waals surface area contributed by atoms with Gasteiger partial charge in [-0.05, 0) is 42.4 Å². The average Bonchev–Trinajstić information content (AvgIpc) is 2.74. The lowest BCUT2D eigenvalue weighted by atomic mass is 10.0. The fourth-order valence-corrected chi connectivity index (χ4v) is 5.92. The number of phenols is 1. The van der Waals surface area contributed by atoms with Crippen LogP contribution < -0.4 is 10.6 Å². The second-order valence-electron chi connectivity index (χ2n) is 6.75. The van der Waals surface area contributed by atoms with Crippen molar-refractivity contribution in [2.75, 3.05) is 0 Å². The smallest absolute Gasteiger partial charge is 0.164 e. The molecule has 0 saturated heterocycles. The molecule has 0 spiro atoms. The van der Waals surface area contributed by atoms with Crippen molar-refractivity contribution in [3.05, 3.63) is 95.3 Å². The molecule has 3 aromatic carbocycles. The molecule has 0 aliphatic carbocycles. The third kappa shape index (κ3) is 4.58. The SMILES string of the molecule is CCCCC(=CP(=O)(c1ccccc1)c1ccccc1)c1cc(Cl)ccc1O. The Labute approximate surface area is 171 Å². The summed E-state index contributed by atoms with van der Waals surface area (Å²) in [7, 11) is -3.04. The van der Waals surface area contributed by atoms with Crippen molar-refractivity contribution >= 4 is 34.9 Å². The van der Waals surface area contributed by atoms with Gasteiger partial charge in [0.15, 0.2) is 7.14 Å². The van der Waals surface area contributed by atoms with E-state index in [-0.39, 0.29) is 5.75 Å². The fourth-order valence-electron chi connectivity index (χ4n) is 3.22. The van der Waals surface area contributed by atoms with Gasteiger partial charge in [-0.3, -0.25) is 0 Å². The predicted molar refractivity (Wildman–Crippen MR) is 120 cm³/mol. The molecule has 0 aromatic heterocycles. The van der Waals surface area contributed by atoms with E-state index in [4.69, 9.17) is 11.6 Å². The van der Waals surface area contributed by atoms with Crippen LogP contribution in [-0.4, -0.2) is 5.11 Å². The quantitative estimate of drug-likeness (QED) is 0.446. The van der Waals surface area contributed by atoms with E-state index >= 15 is 0 Å². The number of aromatic hydroxyl groups is 1. The Bertz CT molecular complexity index is 954. The van der Waals surface area contributed by atoms with Gasteiger partial charge in [-0.2, -0.15) is 0 Å². The molecule has 0 aliphatic rings. The van der Waals surface area contributed by atoms with E-state index in [2.05, 4.69) is 6.92 Å². The summed E-state index contributed by atoms with van der Waals surface area (Å²) in [5.41, 5.74) is 1.51. The van der Waals surface area contributed by atoms with Crippen molar-refractivity contribution in [1.82, 2.24) is 0 Å². The molecule has 0 bridgehead atoms. The molecule has 0 unspecified atom stereocenters. The Morgan fingerprint density at radius 2 is 1.54 bits per heavy atom. The lowest BCUT2D eigenvalue weighted by Crippen LogP contribution is -2.14. The summed E-state index contributed by atoms with van der Waals surface area (Å²) in [5.74, 6) is 2.01. The molecule has 0 amide bonds. The van der Waals surface area contributed by atoms with Crippen molar-refractivity contribution in [1.29, 1.82) is 0 Å². The highest BCUT2D eigenvalue weighted by Gasteiger charge is 2.26. The van der Waals surface area contributed by atoms with Gasteiger partial charge >= 0.3 is 0 Å². The molecular weight excluding hydrogens is 387 g/mol. The Morgan fingerprint density at radius 3 is 2.07 bits per heavy atom. The van der Waals surface area contributed by atoms with E-state index in [9.17, 15) is 9.67 Å². The highest BCUT2D eigenvalue weighted by molar-refractivity contribution is 7.81. The molecule has 0 radical (unpaired) electrons. The molecule has 0 heterocycles. The standard InChI is InChI=1S/C24H24ClO2P/c1-2-3-10-19(23-17-20(25)15-16-24(23)26)18-28(27,21-11-6-4-7-12-21)22-13-8-5-9-14-22/h4-9,11-18,26H,2-3,10H2,1H3. The van der Waals surface area contributed by atoms with Crippen LogP contribution >= 0.6 is 18.7 Å². The molecule has 2 nitrogen and oxygen atoms in total. The van der Waals surface area contributed by atoms with Crippen LogP contribution in [0.4, 0.5) is 0 Å². The van der Waals surface area contributed by atoms with Crippen molar-refractivity contribution in [3.63, 3.8) is 0 Å². The van der Waals surface area contributed by atoms with Crippen LogP contribution in [-0.2, 0) is 4.57 Å². The summed E-state index contributed by atoms with van der Waals surface area (Å²) in [5, 5.41) is 12.5. The highest BCUT2D eigenvalue weighted by atomic mass is 35.5. The van der Waals surface area contributed by atoms with Gasteiger partial charge in [-0.25, -0.2) is 0 Å². The van der Waals surface area contributed by atoms with Crippen molar-refractivity contribution < 1.29 is 9.67 Å². The topological polar surface area (TPSA) is 37.3 Å². The highest BCUT2D eigenvalue weighted by Crippen LogP contribution is 2.49. The summed E-state index contributed by atoms with van der Waals surface area (Å²) < 4.78 is 14.4. The second-order valence-corrected chi connectivity index (χ2v) is 9.79. The van der Waals surface area contributed by atoms with Gasteiger partial charge in [0.25, 0.3) is 0 Å². The number of rotatable bonds is 7. The first-order valence-corrected chi connectivity index (χ1v) is 11.6. The molecular formula is C24H24ClO2P. The lowest BCUT2D eigenvalue weighted by molar-refractivity contribution is 0.473. The number of hydrogen-bond acceptors (Lipinski definition) is 2. The molecule has 28 heavy (non-hydrogen) atoms. The maximum atomic E-state index is 14.4. The molecule has 0 saturated carbocycles. The Morgan fingerprint density at radius 1 is 0.964 bits per heavy atom. The van der Waals surface area contributed by atoms with Crippen molar-refractivity contribution in [2.24, 2.45) is 0 Å². The van der Waals surface area contributed by atoms with Crippen LogP contribution in [0.3, 0.4) is 0 Å². The Balaban J connectivity index is 2.23. The molecule has 1 N–H and O–H groups in total. The van der Waals surface area contributed by atoms with Crippen LogP contribution in [0.2, 0.25) is 5.02 Å². The molecule has 0 atom stereocenters. The van der Waals surface area contributed by atoms with Crippen LogP contribution in [0.25, 0.3) is 5.57 Å². The fraction of sp³-hybridized carbons (Fsp3) is 0.167. The van der Waals surface area contributed by atoms with Crippen LogP contribution in [0, 0.1) is 0 Å². The minimum Gasteiger partial charge on any atom is -0.507 e. The van der Waals surface area contributed by atoms with Gasteiger partial charge < -0.3 is 9.67 Å². The minimum absolute atomic E-state index is 0.152. The minimum atomic E-state index is -3.04. The number of phenolic OH excluding ortho intramolecular Hbond substituents is 1. The number of allylic oxidation sites excluding steroid dienone is 1.